The van der Waals surface area contributed by atoms with Crippen molar-refractivity contribution in [2.24, 2.45) is 0 Å². The summed E-state index contributed by atoms with van der Waals surface area (Å²) in [5, 5.41) is 9.36. The fourth-order valence-electron chi connectivity index (χ4n) is 1.50. The van der Waals surface area contributed by atoms with Crippen molar-refractivity contribution in [2.75, 3.05) is 5.43 Å². The van der Waals surface area contributed by atoms with Crippen LogP contribution in [0, 0.1) is 12.7 Å². The molecule has 1 aromatic heterocycles. The summed E-state index contributed by atoms with van der Waals surface area (Å²) in [5.41, 5.74) is 4.91. The molecule has 0 saturated heterocycles. The Balaban J connectivity index is 1.94. The highest BCUT2D eigenvalue weighted by Crippen LogP contribution is 2.18. The van der Waals surface area contributed by atoms with E-state index in [1.807, 2.05) is 5.32 Å². The van der Waals surface area contributed by atoms with E-state index in [9.17, 15) is 14.0 Å². The molecule has 0 radical (unpaired) electrons. The zero-order valence-corrected chi connectivity index (χ0v) is 12.1. The summed E-state index contributed by atoms with van der Waals surface area (Å²) in [7, 11) is 0. The first-order valence-electron chi connectivity index (χ1n) is 6.09. The van der Waals surface area contributed by atoms with Gasteiger partial charge in [0.1, 0.15) is 5.82 Å². The molecule has 0 unspecified atom stereocenters. The van der Waals surface area contributed by atoms with Gasteiger partial charge in [-0.15, -0.1) is 5.10 Å². The van der Waals surface area contributed by atoms with Crippen molar-refractivity contribution >= 4 is 29.4 Å². The van der Waals surface area contributed by atoms with Crippen LogP contribution in [-0.4, -0.2) is 22.1 Å². The van der Waals surface area contributed by atoms with Gasteiger partial charge in [0.05, 0.1) is 16.3 Å². The number of hydrogen-bond acceptors (Lipinski definition) is 5. The van der Waals surface area contributed by atoms with Crippen LogP contribution in [0.4, 0.5) is 15.0 Å². The van der Waals surface area contributed by atoms with E-state index < -0.39 is 23.3 Å². The highest BCUT2D eigenvalue weighted by Gasteiger charge is 2.17. The number of amides is 3. The van der Waals surface area contributed by atoms with Crippen LogP contribution in [0.3, 0.4) is 0 Å². The Hall–Kier alpha value is -2.74. The van der Waals surface area contributed by atoms with Crippen molar-refractivity contribution in [1.82, 2.24) is 20.9 Å². The summed E-state index contributed by atoms with van der Waals surface area (Å²) in [6.45, 7) is 1.76. The minimum absolute atomic E-state index is 0.0948. The van der Waals surface area contributed by atoms with Crippen LogP contribution < -0.4 is 16.2 Å². The minimum Gasteiger partial charge on any atom is -0.279 e. The fourth-order valence-corrected chi connectivity index (χ4v) is 1.75. The zero-order chi connectivity index (χ0) is 16.1. The van der Waals surface area contributed by atoms with Crippen LogP contribution in [0.15, 0.2) is 30.3 Å². The molecule has 0 bridgehead atoms. The second-order valence-corrected chi connectivity index (χ2v) is 4.60. The molecule has 3 amide bonds. The molecule has 22 heavy (non-hydrogen) atoms. The molecule has 0 aliphatic heterocycles. The number of imide groups is 1. The van der Waals surface area contributed by atoms with Crippen LogP contribution in [0.1, 0.15) is 16.1 Å². The summed E-state index contributed by atoms with van der Waals surface area (Å²) in [6, 6.07) is 6.13. The summed E-state index contributed by atoms with van der Waals surface area (Å²) >= 11 is 5.73. The number of anilines is 1. The average molecular weight is 324 g/mol. The Bertz CT molecular complexity index is 688. The Morgan fingerprint density at radius 1 is 1.18 bits per heavy atom. The molecular weight excluding hydrogens is 313 g/mol. The maximum atomic E-state index is 13.5. The lowest BCUT2D eigenvalue weighted by Crippen LogP contribution is -2.42. The zero-order valence-electron chi connectivity index (χ0n) is 11.4. The Morgan fingerprint density at radius 3 is 2.59 bits per heavy atom. The Labute approximate surface area is 129 Å². The van der Waals surface area contributed by atoms with Gasteiger partial charge in [0.2, 0.25) is 0 Å². The first-order chi connectivity index (χ1) is 10.5. The van der Waals surface area contributed by atoms with Crippen molar-refractivity contribution in [1.29, 1.82) is 0 Å². The number of carbonyl (C=O) groups excluding carboxylic acids is 2. The number of rotatable bonds is 3. The lowest BCUT2D eigenvalue weighted by molar-refractivity contribution is 0.0960. The second-order valence-electron chi connectivity index (χ2n) is 4.19. The maximum Gasteiger partial charge on any atom is 0.340 e. The van der Waals surface area contributed by atoms with E-state index in [0.29, 0.717) is 5.69 Å². The van der Waals surface area contributed by atoms with Crippen molar-refractivity contribution in [3.8, 4) is 0 Å². The summed E-state index contributed by atoms with van der Waals surface area (Å²) in [5.74, 6) is -1.51. The lowest BCUT2D eigenvalue weighted by atomic mass is 10.2. The van der Waals surface area contributed by atoms with Crippen molar-refractivity contribution in [3.63, 3.8) is 0 Å². The van der Waals surface area contributed by atoms with Crippen LogP contribution in [-0.2, 0) is 0 Å². The molecule has 2 rings (SSSR count). The van der Waals surface area contributed by atoms with Crippen molar-refractivity contribution in [2.45, 2.75) is 6.92 Å². The van der Waals surface area contributed by atoms with Crippen LogP contribution in [0.2, 0.25) is 5.02 Å². The van der Waals surface area contributed by atoms with E-state index in [4.69, 9.17) is 11.6 Å². The van der Waals surface area contributed by atoms with Crippen LogP contribution in [0.25, 0.3) is 0 Å². The maximum absolute atomic E-state index is 13.5. The van der Waals surface area contributed by atoms with E-state index in [0.717, 1.165) is 6.07 Å². The smallest absolute Gasteiger partial charge is 0.279 e. The number of aromatic nitrogens is 2. The Morgan fingerprint density at radius 2 is 1.95 bits per heavy atom. The van der Waals surface area contributed by atoms with Gasteiger partial charge in [-0.1, -0.05) is 17.7 Å². The van der Waals surface area contributed by atoms with Gasteiger partial charge in [0, 0.05) is 0 Å². The third-order valence-corrected chi connectivity index (χ3v) is 2.83. The topological polar surface area (TPSA) is 96.0 Å². The van der Waals surface area contributed by atoms with E-state index in [1.165, 1.54) is 12.1 Å². The molecule has 1 heterocycles. The number of carbonyl (C=O) groups is 2. The predicted octanol–water partition coefficient (Wildman–Crippen LogP) is 2.04. The van der Waals surface area contributed by atoms with Crippen molar-refractivity contribution < 1.29 is 14.0 Å². The predicted molar refractivity (Wildman–Crippen MR) is 77.8 cm³/mol. The van der Waals surface area contributed by atoms with E-state index in [2.05, 4.69) is 21.0 Å². The van der Waals surface area contributed by atoms with Gasteiger partial charge in [0.15, 0.2) is 5.82 Å². The number of benzene rings is 1. The number of aryl methyl sites for hydroxylation is 1. The largest absolute Gasteiger partial charge is 0.340 e. The molecule has 0 aliphatic carbocycles. The quantitative estimate of drug-likeness (QED) is 0.751. The number of hydrogen-bond donors (Lipinski definition) is 3. The lowest BCUT2D eigenvalue weighted by Gasteiger charge is -2.09. The first-order valence-corrected chi connectivity index (χ1v) is 6.47. The highest BCUT2D eigenvalue weighted by molar-refractivity contribution is 6.34. The molecular formula is C13H11ClFN5O2. The molecule has 1 aromatic carbocycles. The normalized spacial score (nSPS) is 9.95. The van der Waals surface area contributed by atoms with Gasteiger partial charge >= 0.3 is 6.03 Å². The van der Waals surface area contributed by atoms with E-state index in [-0.39, 0.29) is 10.8 Å². The second kappa shape index (κ2) is 6.81. The molecule has 0 atom stereocenters. The van der Waals surface area contributed by atoms with Crippen LogP contribution in [0.5, 0.6) is 0 Å². The van der Waals surface area contributed by atoms with Gasteiger partial charge in [-0.3, -0.25) is 15.5 Å². The van der Waals surface area contributed by atoms with Crippen LogP contribution >= 0.6 is 11.6 Å². The van der Waals surface area contributed by atoms with Gasteiger partial charge in [-0.05, 0) is 31.2 Å². The molecule has 0 fully saturated rings. The minimum atomic E-state index is -0.961. The highest BCUT2D eigenvalue weighted by atomic mass is 35.5. The SMILES string of the molecule is Cc1ccc(NNC(=O)NC(=O)c2c(F)cccc2Cl)nn1. The fraction of sp³-hybridized carbons (Fsp3) is 0.0769. The van der Waals surface area contributed by atoms with Gasteiger partial charge < -0.3 is 0 Å². The standard InChI is InChI=1S/C13H11ClFN5O2/c1-7-5-6-10(18-17-7)19-20-13(22)16-12(21)11-8(14)3-2-4-9(11)15/h2-6H,1H3,(H,18,19)(H2,16,20,21,22). The number of hydrazine groups is 1. The molecule has 9 heteroatoms. The third-order valence-electron chi connectivity index (χ3n) is 2.52. The Kier molecular flexibility index (Phi) is 4.84. The summed E-state index contributed by atoms with van der Waals surface area (Å²) in [4.78, 5) is 23.4. The number of halogens is 2. The molecule has 0 saturated carbocycles. The molecule has 3 N–H and O–H groups in total. The molecule has 2 aromatic rings. The molecule has 7 nitrogen and oxygen atoms in total. The third kappa shape index (κ3) is 3.89. The number of nitrogens with one attached hydrogen (secondary N) is 3. The molecule has 114 valence electrons. The average Bonchev–Trinajstić information content (AvgIpc) is 2.46. The first kappa shape index (κ1) is 15.6. The molecule has 0 aliphatic rings. The number of urea groups is 1. The van der Waals surface area contributed by atoms with Gasteiger partial charge in [-0.2, -0.15) is 5.10 Å². The van der Waals surface area contributed by atoms with E-state index in [1.54, 1.807) is 19.1 Å². The van der Waals surface area contributed by atoms with Gasteiger partial charge in [0.25, 0.3) is 5.91 Å². The van der Waals surface area contributed by atoms with Crippen molar-refractivity contribution in [3.05, 3.63) is 52.4 Å². The van der Waals surface area contributed by atoms with E-state index >= 15 is 0 Å². The summed E-state index contributed by atoms with van der Waals surface area (Å²) in [6.07, 6.45) is 0. The van der Waals surface area contributed by atoms with Gasteiger partial charge in [-0.25, -0.2) is 14.6 Å². The summed E-state index contributed by atoms with van der Waals surface area (Å²) < 4.78 is 13.5. The monoisotopic (exact) mass is 323 g/mol. The number of nitrogens with zero attached hydrogens (tertiary/aromatic N) is 2. The molecule has 0 spiro atoms.